The molecule has 9 nitrogen and oxygen atoms in total. The number of benzene rings is 2. The lowest BCUT2D eigenvalue weighted by Gasteiger charge is -2.09. The van der Waals surface area contributed by atoms with E-state index in [1.54, 1.807) is 35.6 Å². The van der Waals surface area contributed by atoms with Crippen molar-refractivity contribution in [3.8, 4) is 10.6 Å². The number of carbonyl (C=O) groups is 4. The lowest BCUT2D eigenvalue weighted by molar-refractivity contribution is -0.113. The van der Waals surface area contributed by atoms with Gasteiger partial charge in [0, 0.05) is 16.0 Å². The lowest BCUT2D eigenvalue weighted by atomic mass is 10.0. The van der Waals surface area contributed by atoms with Gasteiger partial charge in [-0.15, -0.1) is 34.4 Å². The monoisotopic (exact) mass is 539 g/mol. The number of carboxylic acid groups (broad SMARTS) is 2. The van der Waals surface area contributed by atoms with Gasteiger partial charge in [0.25, 0.3) is 5.91 Å². The molecule has 2 aromatic carbocycles. The van der Waals surface area contributed by atoms with Crippen LogP contribution >= 0.6 is 34.4 Å². The van der Waals surface area contributed by atoms with Gasteiger partial charge in [0.15, 0.2) is 5.13 Å². The highest BCUT2D eigenvalue weighted by atomic mass is 32.2. The van der Waals surface area contributed by atoms with Crippen molar-refractivity contribution in [3.05, 3.63) is 82.0 Å². The molecule has 182 valence electrons. The molecule has 0 aliphatic rings. The topological polar surface area (TPSA) is 146 Å². The van der Waals surface area contributed by atoms with Crippen LogP contribution in [0.2, 0.25) is 0 Å². The molecule has 0 bridgehead atoms. The summed E-state index contributed by atoms with van der Waals surface area (Å²) in [5.41, 5.74) is 0.438. The lowest BCUT2D eigenvalue weighted by Crippen LogP contribution is -2.17. The molecule has 0 unspecified atom stereocenters. The fourth-order valence-corrected chi connectivity index (χ4v) is 5.24. The van der Waals surface area contributed by atoms with Crippen LogP contribution in [0.5, 0.6) is 0 Å². The largest absolute Gasteiger partial charge is 0.478 e. The summed E-state index contributed by atoms with van der Waals surface area (Å²) in [7, 11) is 0. The van der Waals surface area contributed by atoms with Crippen LogP contribution in [0.25, 0.3) is 10.6 Å². The molecule has 4 rings (SSSR count). The number of nitrogens with one attached hydrogen (secondary N) is 2. The Morgan fingerprint density at radius 3 is 2.33 bits per heavy atom. The summed E-state index contributed by atoms with van der Waals surface area (Å²) in [6.07, 6.45) is 0. The molecule has 0 saturated carbocycles. The molecular formula is C24H17N3O6S3. The van der Waals surface area contributed by atoms with Crippen LogP contribution in [0.15, 0.2) is 70.3 Å². The Bertz CT molecular complexity index is 1430. The number of carboxylic acids is 2. The van der Waals surface area contributed by atoms with Crippen LogP contribution in [0, 0.1) is 0 Å². The number of anilines is 2. The average Bonchev–Trinajstić information content (AvgIpc) is 3.55. The summed E-state index contributed by atoms with van der Waals surface area (Å²) in [5, 5.41) is 28.2. The van der Waals surface area contributed by atoms with E-state index in [0.717, 1.165) is 27.6 Å². The molecule has 12 heteroatoms. The minimum absolute atomic E-state index is 0.160. The maximum absolute atomic E-state index is 12.6. The van der Waals surface area contributed by atoms with Crippen molar-refractivity contribution in [3.63, 3.8) is 0 Å². The Kier molecular flexibility index (Phi) is 7.78. The molecule has 0 saturated heterocycles. The van der Waals surface area contributed by atoms with Crippen molar-refractivity contribution in [1.82, 2.24) is 4.98 Å². The summed E-state index contributed by atoms with van der Waals surface area (Å²) in [4.78, 5) is 53.7. The summed E-state index contributed by atoms with van der Waals surface area (Å²) in [5.74, 6) is -3.42. The van der Waals surface area contributed by atoms with E-state index in [1.165, 1.54) is 29.2 Å². The van der Waals surface area contributed by atoms with Gasteiger partial charge < -0.3 is 20.8 Å². The molecule has 0 fully saturated rings. The number of thiazole rings is 1. The molecule has 4 aromatic rings. The highest BCUT2D eigenvalue weighted by Crippen LogP contribution is 2.28. The van der Waals surface area contributed by atoms with Gasteiger partial charge in [0.05, 0.1) is 33.0 Å². The number of thioether (sulfide) groups is 1. The van der Waals surface area contributed by atoms with Crippen LogP contribution in [0.1, 0.15) is 31.1 Å². The number of hydrogen-bond donors (Lipinski definition) is 4. The Labute approximate surface area is 216 Å². The van der Waals surface area contributed by atoms with Crippen LogP contribution in [0.3, 0.4) is 0 Å². The fraction of sp³-hybridized carbons (Fsp3) is 0.0417. The first-order chi connectivity index (χ1) is 17.3. The molecule has 2 heterocycles. The maximum atomic E-state index is 12.6. The molecule has 4 N–H and O–H groups in total. The number of aromatic nitrogens is 1. The van der Waals surface area contributed by atoms with E-state index in [9.17, 15) is 24.3 Å². The molecular weight excluding hydrogens is 522 g/mol. The van der Waals surface area contributed by atoms with E-state index in [0.29, 0.717) is 10.8 Å². The molecule has 2 amide bonds. The first-order valence-corrected chi connectivity index (χ1v) is 13.0. The van der Waals surface area contributed by atoms with Crippen LogP contribution in [-0.4, -0.2) is 44.7 Å². The van der Waals surface area contributed by atoms with Crippen molar-refractivity contribution in [1.29, 1.82) is 0 Å². The first kappa shape index (κ1) is 25.1. The number of carbonyl (C=O) groups excluding carboxylic acids is 2. The molecule has 0 aliphatic carbocycles. The molecule has 36 heavy (non-hydrogen) atoms. The Morgan fingerprint density at radius 1 is 0.889 bits per heavy atom. The SMILES string of the molecule is O=C(CSc1ccc(NC(=O)c2ccc(C(=O)O)cc2C(=O)O)cc1)Nc1nc(-c2cccs2)cs1. The third kappa shape index (κ3) is 6.16. The highest BCUT2D eigenvalue weighted by Gasteiger charge is 2.19. The second-order valence-electron chi connectivity index (χ2n) is 7.20. The maximum Gasteiger partial charge on any atom is 0.336 e. The van der Waals surface area contributed by atoms with E-state index in [4.69, 9.17) is 5.11 Å². The number of hydrogen-bond acceptors (Lipinski definition) is 8. The summed E-state index contributed by atoms with van der Waals surface area (Å²) in [6, 6.07) is 13.9. The van der Waals surface area contributed by atoms with Gasteiger partial charge in [-0.2, -0.15) is 0 Å². The number of nitrogens with zero attached hydrogens (tertiary/aromatic N) is 1. The number of aromatic carboxylic acids is 2. The van der Waals surface area contributed by atoms with Crippen LogP contribution in [0.4, 0.5) is 10.8 Å². The van der Waals surface area contributed by atoms with Gasteiger partial charge in [0.1, 0.15) is 0 Å². The van der Waals surface area contributed by atoms with Crippen molar-refractivity contribution >= 4 is 69.0 Å². The van der Waals surface area contributed by atoms with E-state index < -0.39 is 23.4 Å². The molecule has 0 spiro atoms. The molecule has 0 radical (unpaired) electrons. The molecule has 2 aromatic heterocycles. The first-order valence-electron chi connectivity index (χ1n) is 10.2. The Hall–Kier alpha value is -4.00. The number of thiophene rings is 1. The predicted octanol–water partition coefficient (Wildman–Crippen LogP) is 5.25. The van der Waals surface area contributed by atoms with E-state index in [2.05, 4.69) is 15.6 Å². The summed E-state index contributed by atoms with van der Waals surface area (Å²) in [6.45, 7) is 0. The van der Waals surface area contributed by atoms with Gasteiger partial charge >= 0.3 is 11.9 Å². The third-order valence-corrected chi connectivity index (χ3v) is 7.41. The number of amides is 2. The van der Waals surface area contributed by atoms with Gasteiger partial charge in [-0.3, -0.25) is 9.59 Å². The predicted molar refractivity (Wildman–Crippen MR) is 140 cm³/mol. The van der Waals surface area contributed by atoms with Crippen molar-refractivity contribution in [2.75, 3.05) is 16.4 Å². The zero-order valence-corrected chi connectivity index (χ0v) is 20.7. The van der Waals surface area contributed by atoms with Crippen molar-refractivity contribution in [2.24, 2.45) is 0 Å². The Morgan fingerprint density at radius 2 is 1.67 bits per heavy atom. The normalized spacial score (nSPS) is 10.6. The minimum Gasteiger partial charge on any atom is -0.478 e. The van der Waals surface area contributed by atoms with Crippen LogP contribution in [-0.2, 0) is 4.79 Å². The molecule has 0 atom stereocenters. The Balaban J connectivity index is 1.32. The second-order valence-corrected chi connectivity index (χ2v) is 10.1. The van der Waals surface area contributed by atoms with Gasteiger partial charge in [0.2, 0.25) is 5.91 Å². The highest BCUT2D eigenvalue weighted by molar-refractivity contribution is 8.00. The fourth-order valence-electron chi connectivity index (χ4n) is 3.06. The quantitative estimate of drug-likeness (QED) is 0.211. The minimum atomic E-state index is -1.41. The smallest absolute Gasteiger partial charge is 0.336 e. The zero-order chi connectivity index (χ0) is 25.7. The molecule has 0 aliphatic heterocycles. The van der Waals surface area contributed by atoms with Gasteiger partial charge in [-0.25, -0.2) is 14.6 Å². The van der Waals surface area contributed by atoms with E-state index in [1.807, 2.05) is 22.9 Å². The second kappa shape index (κ2) is 11.2. The number of rotatable bonds is 9. The van der Waals surface area contributed by atoms with E-state index in [-0.39, 0.29) is 22.8 Å². The zero-order valence-electron chi connectivity index (χ0n) is 18.3. The van der Waals surface area contributed by atoms with Crippen molar-refractivity contribution in [2.45, 2.75) is 4.90 Å². The summed E-state index contributed by atoms with van der Waals surface area (Å²) >= 11 is 4.24. The average molecular weight is 540 g/mol. The van der Waals surface area contributed by atoms with Gasteiger partial charge in [-0.1, -0.05) is 6.07 Å². The van der Waals surface area contributed by atoms with Crippen LogP contribution < -0.4 is 10.6 Å². The van der Waals surface area contributed by atoms with Gasteiger partial charge in [-0.05, 0) is 53.9 Å². The standard InChI is InChI=1S/C24H17N3O6S3/c28-20(27-24-26-18(11-36-24)19-2-1-9-34-19)12-35-15-6-4-14(5-7-15)25-21(29)16-8-3-13(22(30)31)10-17(16)23(32)33/h1-11H,12H2,(H,25,29)(H,30,31)(H,32,33)(H,26,27,28). The van der Waals surface area contributed by atoms with E-state index >= 15 is 0 Å². The summed E-state index contributed by atoms with van der Waals surface area (Å²) < 4.78 is 0. The third-order valence-electron chi connectivity index (χ3n) is 4.75. The van der Waals surface area contributed by atoms with Crippen molar-refractivity contribution < 1.29 is 29.4 Å².